The predicted octanol–water partition coefficient (Wildman–Crippen LogP) is 5.87. The summed E-state index contributed by atoms with van der Waals surface area (Å²) in [6, 6.07) is 16.5. The molecule has 0 radical (unpaired) electrons. The average molecular weight is 341 g/mol. The second-order valence-electron chi connectivity index (χ2n) is 6.76. The van der Waals surface area contributed by atoms with Crippen molar-refractivity contribution in [2.24, 2.45) is 0 Å². The molecule has 0 aliphatic heterocycles. The Morgan fingerprint density at radius 2 is 1.72 bits per heavy atom. The Bertz CT molecular complexity index is 622. The second kappa shape index (κ2) is 9.97. The number of nitrogens with one attached hydrogen (secondary N) is 1. The number of hydrogen-bond donors (Lipinski definition) is 1. The third kappa shape index (κ3) is 6.69. The molecule has 0 aromatic heterocycles. The lowest BCUT2D eigenvalue weighted by atomic mass is 10.0. The molecule has 0 amide bonds. The van der Waals surface area contributed by atoms with Crippen molar-refractivity contribution in [3.63, 3.8) is 0 Å². The first-order valence-corrected chi connectivity index (χ1v) is 9.31. The molecule has 1 atom stereocenters. The van der Waals surface area contributed by atoms with Crippen molar-refractivity contribution in [1.82, 2.24) is 0 Å². The summed E-state index contributed by atoms with van der Waals surface area (Å²) >= 11 is 0. The summed E-state index contributed by atoms with van der Waals surface area (Å²) < 4.78 is 11.7. The topological polar surface area (TPSA) is 30.5 Å². The number of benzene rings is 2. The maximum Gasteiger partial charge on any atom is 0.121 e. The first-order valence-electron chi connectivity index (χ1n) is 9.31. The highest BCUT2D eigenvalue weighted by atomic mass is 16.5. The van der Waals surface area contributed by atoms with E-state index in [-0.39, 0.29) is 6.10 Å². The average Bonchev–Trinajstić information content (AvgIpc) is 2.61. The van der Waals surface area contributed by atoms with Crippen LogP contribution < -0.4 is 14.8 Å². The molecular formula is C22H31NO2. The van der Waals surface area contributed by atoms with Gasteiger partial charge in [0.15, 0.2) is 0 Å². The quantitative estimate of drug-likeness (QED) is 0.548. The summed E-state index contributed by atoms with van der Waals surface area (Å²) in [7, 11) is 0. The number of anilines is 1. The molecule has 136 valence electrons. The van der Waals surface area contributed by atoms with Crippen molar-refractivity contribution in [2.45, 2.75) is 52.6 Å². The van der Waals surface area contributed by atoms with E-state index in [1.807, 2.05) is 30.3 Å². The smallest absolute Gasteiger partial charge is 0.121 e. The van der Waals surface area contributed by atoms with E-state index < -0.39 is 0 Å². The van der Waals surface area contributed by atoms with Crippen LogP contribution in [0.1, 0.15) is 52.0 Å². The Kier molecular flexibility index (Phi) is 7.65. The molecule has 1 unspecified atom stereocenters. The van der Waals surface area contributed by atoms with Gasteiger partial charge in [0.25, 0.3) is 0 Å². The van der Waals surface area contributed by atoms with Crippen molar-refractivity contribution < 1.29 is 9.47 Å². The van der Waals surface area contributed by atoms with Gasteiger partial charge in [-0.15, -0.1) is 0 Å². The van der Waals surface area contributed by atoms with Crippen molar-refractivity contribution in [2.75, 3.05) is 18.5 Å². The normalized spacial score (nSPS) is 12.0. The highest BCUT2D eigenvalue weighted by Gasteiger charge is 2.06. The van der Waals surface area contributed by atoms with Gasteiger partial charge in [-0.05, 0) is 49.1 Å². The van der Waals surface area contributed by atoms with Crippen LogP contribution in [-0.2, 0) is 0 Å². The standard InChI is InChI=1S/C22H31NO2/c1-5-6-14-24-22-9-7-8-20(15-22)23-16-18(4)25-21-12-10-19(11-13-21)17(2)3/h7-13,15,17-18,23H,5-6,14,16H2,1-4H3. The Labute approximate surface area is 152 Å². The van der Waals surface area contributed by atoms with Crippen LogP contribution in [-0.4, -0.2) is 19.3 Å². The lowest BCUT2D eigenvalue weighted by molar-refractivity contribution is 0.234. The van der Waals surface area contributed by atoms with E-state index in [0.29, 0.717) is 5.92 Å². The van der Waals surface area contributed by atoms with Crippen LogP contribution >= 0.6 is 0 Å². The zero-order valence-electron chi connectivity index (χ0n) is 15.9. The first-order chi connectivity index (χ1) is 12.1. The fraction of sp³-hybridized carbons (Fsp3) is 0.455. The minimum absolute atomic E-state index is 0.0783. The molecule has 2 rings (SSSR count). The highest BCUT2D eigenvalue weighted by molar-refractivity contribution is 5.48. The predicted molar refractivity (Wildman–Crippen MR) is 106 cm³/mol. The second-order valence-corrected chi connectivity index (χ2v) is 6.76. The minimum atomic E-state index is 0.0783. The van der Waals surface area contributed by atoms with Crippen molar-refractivity contribution in [3.8, 4) is 11.5 Å². The molecule has 0 aliphatic rings. The van der Waals surface area contributed by atoms with E-state index in [0.717, 1.165) is 43.2 Å². The van der Waals surface area contributed by atoms with E-state index >= 15 is 0 Å². The van der Waals surface area contributed by atoms with Gasteiger partial charge in [-0.2, -0.15) is 0 Å². The molecule has 0 bridgehead atoms. The van der Waals surface area contributed by atoms with Gasteiger partial charge in [-0.3, -0.25) is 0 Å². The third-order valence-electron chi connectivity index (χ3n) is 4.08. The molecule has 0 heterocycles. The summed E-state index contributed by atoms with van der Waals surface area (Å²) in [4.78, 5) is 0. The third-order valence-corrected chi connectivity index (χ3v) is 4.08. The van der Waals surface area contributed by atoms with Crippen LogP contribution in [0, 0.1) is 0 Å². The van der Waals surface area contributed by atoms with Gasteiger partial charge in [-0.25, -0.2) is 0 Å². The van der Waals surface area contributed by atoms with Gasteiger partial charge < -0.3 is 14.8 Å². The van der Waals surface area contributed by atoms with E-state index in [4.69, 9.17) is 9.47 Å². The lowest BCUT2D eigenvalue weighted by Gasteiger charge is -2.17. The van der Waals surface area contributed by atoms with Crippen LogP contribution in [0.15, 0.2) is 48.5 Å². The number of ether oxygens (including phenoxy) is 2. The van der Waals surface area contributed by atoms with Gasteiger partial charge in [0.05, 0.1) is 13.2 Å². The molecule has 1 N–H and O–H groups in total. The van der Waals surface area contributed by atoms with Crippen LogP contribution in [0.3, 0.4) is 0 Å². The molecule has 0 fully saturated rings. The Hall–Kier alpha value is -2.16. The Morgan fingerprint density at radius 3 is 2.40 bits per heavy atom. The molecule has 3 nitrogen and oxygen atoms in total. The van der Waals surface area contributed by atoms with Gasteiger partial charge in [0, 0.05) is 11.8 Å². The SMILES string of the molecule is CCCCOc1cccc(NCC(C)Oc2ccc(C(C)C)cc2)c1. The maximum atomic E-state index is 5.99. The molecule has 2 aromatic rings. The molecule has 0 saturated carbocycles. The van der Waals surface area contributed by atoms with Crippen molar-refractivity contribution in [3.05, 3.63) is 54.1 Å². The van der Waals surface area contributed by atoms with E-state index in [9.17, 15) is 0 Å². The summed E-state index contributed by atoms with van der Waals surface area (Å²) in [5.41, 5.74) is 2.39. The van der Waals surface area contributed by atoms with Gasteiger partial charge in [0.1, 0.15) is 17.6 Å². The zero-order chi connectivity index (χ0) is 18.1. The van der Waals surface area contributed by atoms with Gasteiger partial charge in [-0.1, -0.05) is 45.4 Å². The fourth-order valence-corrected chi connectivity index (χ4v) is 2.50. The molecule has 25 heavy (non-hydrogen) atoms. The highest BCUT2D eigenvalue weighted by Crippen LogP contribution is 2.20. The summed E-state index contributed by atoms with van der Waals surface area (Å²) in [6.07, 6.45) is 2.30. The Morgan fingerprint density at radius 1 is 0.960 bits per heavy atom. The van der Waals surface area contributed by atoms with Crippen LogP contribution in [0.5, 0.6) is 11.5 Å². The number of rotatable bonds is 10. The molecular weight excluding hydrogens is 310 g/mol. The van der Waals surface area contributed by atoms with E-state index in [1.165, 1.54) is 5.56 Å². The van der Waals surface area contributed by atoms with Crippen molar-refractivity contribution >= 4 is 5.69 Å². The molecule has 2 aromatic carbocycles. The summed E-state index contributed by atoms with van der Waals surface area (Å²) in [6.45, 7) is 10.1. The van der Waals surface area contributed by atoms with Gasteiger partial charge in [0.2, 0.25) is 0 Å². The monoisotopic (exact) mass is 341 g/mol. The number of hydrogen-bond acceptors (Lipinski definition) is 3. The molecule has 0 spiro atoms. The van der Waals surface area contributed by atoms with E-state index in [1.54, 1.807) is 0 Å². The van der Waals surface area contributed by atoms with Crippen LogP contribution in [0.2, 0.25) is 0 Å². The lowest BCUT2D eigenvalue weighted by Crippen LogP contribution is -2.22. The summed E-state index contributed by atoms with van der Waals surface area (Å²) in [5, 5.41) is 3.42. The van der Waals surface area contributed by atoms with Gasteiger partial charge >= 0.3 is 0 Å². The maximum absolute atomic E-state index is 5.99. The largest absolute Gasteiger partial charge is 0.494 e. The van der Waals surface area contributed by atoms with Crippen LogP contribution in [0.4, 0.5) is 5.69 Å². The Balaban J connectivity index is 1.81. The first kappa shape index (κ1) is 19.2. The molecule has 3 heteroatoms. The van der Waals surface area contributed by atoms with Crippen LogP contribution in [0.25, 0.3) is 0 Å². The fourth-order valence-electron chi connectivity index (χ4n) is 2.50. The number of unbranched alkanes of at least 4 members (excludes halogenated alkanes) is 1. The van der Waals surface area contributed by atoms with Crippen molar-refractivity contribution in [1.29, 1.82) is 0 Å². The zero-order valence-corrected chi connectivity index (χ0v) is 15.9. The van der Waals surface area contributed by atoms with E-state index in [2.05, 4.69) is 51.2 Å². The summed E-state index contributed by atoms with van der Waals surface area (Å²) in [5.74, 6) is 2.37. The molecule has 0 aliphatic carbocycles. The minimum Gasteiger partial charge on any atom is -0.494 e. The molecule has 0 saturated heterocycles.